The van der Waals surface area contributed by atoms with Gasteiger partial charge in [-0.3, -0.25) is 4.21 Å². The largest absolute Gasteiger partial charge is 0.258 e. The number of aromatic nitrogens is 1. The van der Waals surface area contributed by atoms with Crippen molar-refractivity contribution in [2.45, 2.75) is 29.8 Å². The van der Waals surface area contributed by atoms with Crippen molar-refractivity contribution in [3.63, 3.8) is 0 Å². The molecular weight excluding hydrogens is 461 g/mol. The van der Waals surface area contributed by atoms with Crippen LogP contribution in [0.2, 0.25) is 0 Å². The van der Waals surface area contributed by atoms with E-state index in [4.69, 9.17) is 4.98 Å². The standard InChI is InChI=1S/C20H18INOS2/c21-19-17(24-20(22-19)16-11-12-16)13-25(23)18(14-7-3-1-4-8-14)15-9-5-2-6-10-15/h1-10,16,18H,11-13H2. The lowest BCUT2D eigenvalue weighted by Crippen LogP contribution is -2.10. The molecule has 1 atom stereocenters. The zero-order valence-electron chi connectivity index (χ0n) is 13.6. The van der Waals surface area contributed by atoms with E-state index >= 15 is 0 Å². The lowest BCUT2D eigenvalue weighted by molar-refractivity contribution is 0.678. The van der Waals surface area contributed by atoms with E-state index in [1.54, 1.807) is 11.3 Å². The van der Waals surface area contributed by atoms with Gasteiger partial charge < -0.3 is 0 Å². The highest BCUT2D eigenvalue weighted by Crippen LogP contribution is 2.43. The lowest BCUT2D eigenvalue weighted by Gasteiger charge is -2.17. The van der Waals surface area contributed by atoms with Crippen LogP contribution in [-0.2, 0) is 16.6 Å². The summed E-state index contributed by atoms with van der Waals surface area (Å²) in [6, 6.07) is 20.4. The van der Waals surface area contributed by atoms with Gasteiger partial charge in [-0.05, 0) is 46.6 Å². The highest BCUT2D eigenvalue weighted by molar-refractivity contribution is 14.1. The number of rotatable bonds is 6. The van der Waals surface area contributed by atoms with Gasteiger partial charge in [0.2, 0.25) is 0 Å². The summed E-state index contributed by atoms with van der Waals surface area (Å²) in [5.41, 5.74) is 2.21. The first-order chi connectivity index (χ1) is 12.2. The van der Waals surface area contributed by atoms with Gasteiger partial charge in [0.15, 0.2) is 0 Å². The number of hydrogen-bond acceptors (Lipinski definition) is 3. The normalized spacial score (nSPS) is 15.4. The summed E-state index contributed by atoms with van der Waals surface area (Å²) < 4.78 is 14.4. The van der Waals surface area contributed by atoms with E-state index in [1.807, 2.05) is 36.4 Å². The zero-order chi connectivity index (χ0) is 17.2. The van der Waals surface area contributed by atoms with E-state index in [1.165, 1.54) is 17.8 Å². The third-order valence-electron chi connectivity index (χ3n) is 4.33. The molecule has 0 spiro atoms. The summed E-state index contributed by atoms with van der Waals surface area (Å²) in [4.78, 5) is 5.87. The Balaban J connectivity index is 1.64. The molecule has 0 aliphatic heterocycles. The van der Waals surface area contributed by atoms with Crippen LogP contribution in [0.15, 0.2) is 60.7 Å². The Labute approximate surface area is 168 Å². The maximum absolute atomic E-state index is 13.3. The second kappa shape index (κ2) is 7.68. The number of nitrogens with zero attached hydrogens (tertiary/aromatic N) is 1. The van der Waals surface area contributed by atoms with Crippen LogP contribution in [0, 0.1) is 3.70 Å². The van der Waals surface area contributed by atoms with Gasteiger partial charge in [0.1, 0.15) is 3.70 Å². The molecule has 1 aromatic heterocycles. The minimum Gasteiger partial charge on any atom is -0.258 e. The average molecular weight is 479 g/mol. The Hall–Kier alpha value is -1.05. The van der Waals surface area contributed by atoms with Crippen molar-refractivity contribution in [2.24, 2.45) is 0 Å². The van der Waals surface area contributed by atoms with E-state index in [0.717, 1.165) is 19.7 Å². The minimum absolute atomic E-state index is 0.107. The first-order valence-corrected chi connectivity index (χ1v) is 11.6. The molecule has 1 aliphatic rings. The van der Waals surface area contributed by atoms with Gasteiger partial charge >= 0.3 is 0 Å². The molecule has 128 valence electrons. The van der Waals surface area contributed by atoms with Crippen molar-refractivity contribution in [1.82, 2.24) is 4.98 Å². The maximum atomic E-state index is 13.3. The van der Waals surface area contributed by atoms with Crippen LogP contribution in [-0.4, -0.2) is 9.19 Å². The summed E-state index contributed by atoms with van der Waals surface area (Å²) in [6.07, 6.45) is 2.51. The summed E-state index contributed by atoms with van der Waals surface area (Å²) >= 11 is 4.05. The summed E-state index contributed by atoms with van der Waals surface area (Å²) in [6.45, 7) is 0. The van der Waals surface area contributed by atoms with Crippen molar-refractivity contribution >= 4 is 44.7 Å². The second-order valence-electron chi connectivity index (χ2n) is 6.27. The van der Waals surface area contributed by atoms with Crippen LogP contribution in [0.5, 0.6) is 0 Å². The fourth-order valence-corrected chi connectivity index (χ4v) is 7.10. The van der Waals surface area contributed by atoms with Crippen LogP contribution in [0.3, 0.4) is 0 Å². The summed E-state index contributed by atoms with van der Waals surface area (Å²) in [5.74, 6) is 1.22. The topological polar surface area (TPSA) is 30.0 Å². The van der Waals surface area contributed by atoms with Crippen LogP contribution in [0.4, 0.5) is 0 Å². The molecule has 1 saturated carbocycles. The summed E-state index contributed by atoms with van der Waals surface area (Å²) in [7, 11) is -1.03. The van der Waals surface area contributed by atoms with Gasteiger partial charge in [-0.2, -0.15) is 0 Å². The predicted octanol–water partition coefficient (Wildman–Crippen LogP) is 5.66. The first kappa shape index (κ1) is 17.4. The SMILES string of the molecule is O=S(Cc1sc(C2CC2)nc1I)C(c1ccccc1)c1ccccc1. The Morgan fingerprint density at radius 2 is 1.60 bits per heavy atom. The Kier molecular flexibility index (Phi) is 5.33. The molecule has 1 aliphatic carbocycles. The molecule has 2 nitrogen and oxygen atoms in total. The van der Waals surface area contributed by atoms with Crippen LogP contribution >= 0.6 is 33.9 Å². The molecule has 0 N–H and O–H groups in total. The third kappa shape index (κ3) is 4.04. The molecule has 3 aromatic rings. The molecule has 25 heavy (non-hydrogen) atoms. The van der Waals surface area contributed by atoms with E-state index in [2.05, 4.69) is 46.9 Å². The monoisotopic (exact) mass is 479 g/mol. The van der Waals surface area contributed by atoms with Crippen LogP contribution in [0.25, 0.3) is 0 Å². The zero-order valence-corrected chi connectivity index (χ0v) is 17.4. The van der Waals surface area contributed by atoms with Gasteiger partial charge in [0.25, 0.3) is 0 Å². The molecule has 0 bridgehead atoms. The molecule has 1 fully saturated rings. The molecule has 0 saturated heterocycles. The van der Waals surface area contributed by atoms with E-state index in [0.29, 0.717) is 11.7 Å². The highest BCUT2D eigenvalue weighted by Gasteiger charge is 2.29. The quantitative estimate of drug-likeness (QED) is 0.427. The first-order valence-electron chi connectivity index (χ1n) is 8.34. The molecule has 0 amide bonds. The fourth-order valence-electron chi connectivity index (χ4n) is 2.91. The molecule has 5 heteroatoms. The lowest BCUT2D eigenvalue weighted by atomic mass is 10.0. The molecule has 1 heterocycles. The Bertz CT molecular complexity index is 836. The highest BCUT2D eigenvalue weighted by atomic mass is 127. The maximum Gasteiger partial charge on any atom is 0.116 e. The van der Waals surface area contributed by atoms with Crippen LogP contribution in [0.1, 0.15) is 45.0 Å². The molecule has 0 radical (unpaired) electrons. The molecular formula is C20H18INOS2. The Morgan fingerprint density at radius 3 is 2.12 bits per heavy atom. The van der Waals surface area contributed by atoms with E-state index < -0.39 is 10.8 Å². The van der Waals surface area contributed by atoms with Gasteiger partial charge in [-0.1, -0.05) is 60.7 Å². The van der Waals surface area contributed by atoms with Crippen LogP contribution < -0.4 is 0 Å². The Morgan fingerprint density at radius 1 is 1.04 bits per heavy atom. The van der Waals surface area contributed by atoms with Gasteiger partial charge in [-0.25, -0.2) is 4.98 Å². The number of hydrogen-bond donors (Lipinski definition) is 0. The van der Waals surface area contributed by atoms with Crippen molar-refractivity contribution in [2.75, 3.05) is 0 Å². The molecule has 1 unspecified atom stereocenters. The minimum atomic E-state index is -1.03. The number of halogens is 1. The van der Waals surface area contributed by atoms with Gasteiger partial charge in [0, 0.05) is 16.7 Å². The number of thiazole rings is 1. The smallest absolute Gasteiger partial charge is 0.116 e. The molecule has 2 aromatic carbocycles. The number of benzene rings is 2. The van der Waals surface area contributed by atoms with E-state index in [-0.39, 0.29) is 5.25 Å². The molecule has 4 rings (SSSR count). The average Bonchev–Trinajstić information content (AvgIpc) is 3.42. The van der Waals surface area contributed by atoms with Crippen molar-refractivity contribution in [3.8, 4) is 0 Å². The van der Waals surface area contributed by atoms with E-state index in [9.17, 15) is 4.21 Å². The predicted molar refractivity (Wildman–Crippen MR) is 113 cm³/mol. The third-order valence-corrected chi connectivity index (χ3v) is 8.64. The summed E-state index contributed by atoms with van der Waals surface area (Å²) in [5, 5.41) is 1.12. The van der Waals surface area contributed by atoms with Crippen molar-refractivity contribution in [1.29, 1.82) is 0 Å². The van der Waals surface area contributed by atoms with Gasteiger partial charge in [-0.15, -0.1) is 11.3 Å². The second-order valence-corrected chi connectivity index (χ2v) is 9.93. The van der Waals surface area contributed by atoms with Gasteiger partial charge in [0.05, 0.1) is 20.9 Å². The van der Waals surface area contributed by atoms with Crippen molar-refractivity contribution < 1.29 is 4.21 Å². The van der Waals surface area contributed by atoms with Crippen molar-refractivity contribution in [3.05, 3.63) is 85.4 Å². The fraction of sp³-hybridized carbons (Fsp3) is 0.250.